The summed E-state index contributed by atoms with van der Waals surface area (Å²) in [6.07, 6.45) is 30.7. The van der Waals surface area contributed by atoms with Gasteiger partial charge in [-0.2, -0.15) is 0 Å². The van der Waals surface area contributed by atoms with Crippen LogP contribution in [-0.4, -0.2) is 95.2 Å². The normalized spacial score (nSPS) is 12.1. The smallest absolute Gasteiger partial charge is 0.323 e. The summed E-state index contributed by atoms with van der Waals surface area (Å²) in [5.41, 5.74) is 5.02. The number of aliphatic carboxylic acids is 3. The van der Waals surface area contributed by atoms with E-state index in [0.717, 1.165) is 39.5 Å². The third kappa shape index (κ3) is 26.7. The molecule has 1 amide bonds. The second-order valence-electron chi connectivity index (χ2n) is 20.1. The maximum Gasteiger partial charge on any atom is 0.323 e. The highest BCUT2D eigenvalue weighted by atomic mass is 16.4. The van der Waals surface area contributed by atoms with Crippen LogP contribution in [0.4, 0.5) is 11.4 Å². The number of terminal acetylenes is 2. The number of hydrogen-bond donors (Lipinski definition) is 4. The fourth-order valence-corrected chi connectivity index (χ4v) is 8.34. The third-order valence-electron chi connectivity index (χ3n) is 12.6. The van der Waals surface area contributed by atoms with Gasteiger partial charge in [0.15, 0.2) is 0 Å². The van der Waals surface area contributed by atoms with Crippen LogP contribution in [0.25, 0.3) is 0 Å². The van der Waals surface area contributed by atoms with Crippen LogP contribution in [0.2, 0.25) is 0 Å². The second kappa shape index (κ2) is 41.8. The predicted octanol–water partition coefficient (Wildman–Crippen LogP) is 5.08. The zero-order valence-electron chi connectivity index (χ0n) is 53.9. The van der Waals surface area contributed by atoms with E-state index in [-0.39, 0.29) is 13.1 Å². The molecule has 2 aromatic carbocycles. The summed E-state index contributed by atoms with van der Waals surface area (Å²) in [6.45, 7) is 6.67. The first-order valence-corrected chi connectivity index (χ1v) is 28.9. The maximum atomic E-state index is 13.7. The van der Waals surface area contributed by atoms with Crippen molar-refractivity contribution in [2.45, 2.75) is 45.1 Å². The van der Waals surface area contributed by atoms with Crippen molar-refractivity contribution < 1.29 is 39.1 Å². The van der Waals surface area contributed by atoms with Crippen LogP contribution >= 0.6 is 0 Å². The number of nitrogens with zero attached hydrogens (tertiary/aromatic N) is 6. The van der Waals surface area contributed by atoms with Gasteiger partial charge in [-0.3, -0.25) is 24.1 Å². The molecule has 3 heterocycles. The Morgan fingerprint density at radius 1 is 0.440 bits per heavy atom. The van der Waals surface area contributed by atoms with Crippen LogP contribution < -0.4 is 10.2 Å². The number of rotatable bonds is 13. The summed E-state index contributed by atoms with van der Waals surface area (Å²) in [7, 11) is 0. The highest BCUT2D eigenvalue weighted by Crippen LogP contribution is 2.48. The Balaban J connectivity index is 1.41. The average molecular weight is 1290 g/mol. The number of benzene rings is 2. The molecule has 2 aromatic rings. The maximum absolute atomic E-state index is 13.7. The molecule has 3 aliphatic rings. The molecule has 4 N–H and O–H groups in total. The Morgan fingerprint density at radius 2 is 0.810 bits per heavy atom. The van der Waals surface area contributed by atoms with Gasteiger partial charge in [0.05, 0.1) is 17.0 Å². The minimum absolute atomic E-state index is 0.101. The number of hydrogen-bond acceptors (Lipinski definition) is 9. The molecule has 0 radical (unpaired) electrons. The second-order valence-corrected chi connectivity index (χ2v) is 20.1. The van der Waals surface area contributed by atoms with Gasteiger partial charge in [-0.15, -0.1) is 17.4 Å². The number of carboxylic acids is 3. The monoisotopic (exact) mass is 1290 g/mol. The van der Waals surface area contributed by atoms with Gasteiger partial charge in [-0.05, 0) is 132 Å². The van der Waals surface area contributed by atoms with Crippen molar-refractivity contribution in [2.24, 2.45) is 0 Å². The van der Waals surface area contributed by atoms with Gasteiger partial charge in [0, 0.05) is 227 Å². The molecule has 0 saturated heterocycles. The first-order chi connectivity index (χ1) is 48.5. The van der Waals surface area contributed by atoms with Crippen LogP contribution in [0.15, 0.2) is 128 Å². The zero-order chi connectivity index (χ0) is 71.9. The number of amides is 1. The highest BCUT2D eigenvalue weighted by molar-refractivity contribution is 6.03. The minimum Gasteiger partial charge on any atom is -0.480 e. The van der Waals surface area contributed by atoms with E-state index in [0.29, 0.717) is 0 Å². The largest absolute Gasteiger partial charge is 0.480 e. The predicted molar refractivity (Wildman–Crippen MR) is 384 cm³/mol. The Kier molecular flexibility index (Phi) is 31.0. The Morgan fingerprint density at radius 3 is 1.21 bits per heavy atom. The first kappa shape index (κ1) is 74.2. The van der Waals surface area contributed by atoms with Gasteiger partial charge in [0.1, 0.15) is 26.2 Å². The van der Waals surface area contributed by atoms with E-state index >= 15 is 0 Å². The van der Waals surface area contributed by atoms with Crippen LogP contribution in [0.1, 0.15) is 44.4 Å². The lowest BCUT2D eigenvalue weighted by Gasteiger charge is -2.23. The Bertz CT molecular complexity index is 5440. The van der Waals surface area contributed by atoms with E-state index in [9.17, 15) is 34.5 Å². The van der Waals surface area contributed by atoms with Crippen molar-refractivity contribution in [1.82, 2.24) is 24.9 Å². The van der Waals surface area contributed by atoms with Gasteiger partial charge in [0.25, 0.3) is 0 Å². The molecule has 0 fully saturated rings. The van der Waals surface area contributed by atoms with E-state index in [2.05, 4.69) is 288 Å². The molecule has 0 aromatic heterocycles. The number of carboxylic acid groups (broad SMARTS) is 3. The van der Waals surface area contributed by atoms with Gasteiger partial charge in [-0.1, -0.05) is 62.4 Å². The lowest BCUT2D eigenvalue weighted by atomic mass is 9.81. The summed E-state index contributed by atoms with van der Waals surface area (Å²) in [5.74, 6) is 97.9. The Labute approximate surface area is 584 Å². The number of nitrogens with one attached hydrogen (secondary N) is 1. The number of carbonyl (C=O) groups excluding carboxylic acids is 1. The molecule has 468 valence electrons. The van der Waals surface area contributed by atoms with Crippen LogP contribution in [-0.2, 0) is 36.6 Å². The number of carbonyl (C=O) groups is 4. The molecule has 5 rings (SSSR count). The van der Waals surface area contributed by atoms with Crippen molar-refractivity contribution in [2.75, 3.05) is 31.1 Å². The zero-order valence-corrected chi connectivity index (χ0v) is 53.9. The standard InChI is InChI=1S/C86H47N7O7/c1-7-9-11-13-15-17-19-21-23-25-27-29-31-33-35-37-39-41-43-50-58-92-77-53-49-48-52-75(77)85(3,4)79(92)54-46-45-47-55-80-86(5,6)76-68-74(56-57-78(76)93(80)59-51-44-42-40-38-36-34-32-30-28-26-24-22-20-18-16-14-12-10-8-2)69-87-81(94)70-88-60-62-89(71-82(95)96)64-66-91(73-84(99)100)67-65-90(63-61-88)72-83(97)98/h1-2,45-49,52-57,60-68H,69-73H2,3-6H3,(H3-,87,94,95,96,97,98,99,100)/p+1. The fraction of sp³-hybridized carbons (Fsp3) is 0.128. The molecule has 0 aliphatic carbocycles. The number of para-hydroxylation sites is 1. The molecule has 100 heavy (non-hydrogen) atoms. The minimum atomic E-state index is -1.19. The van der Waals surface area contributed by atoms with Crippen molar-refractivity contribution >= 4 is 40.9 Å². The molecule has 3 aliphatic heterocycles. The van der Waals surface area contributed by atoms with Gasteiger partial charge in [-0.25, -0.2) is 0 Å². The van der Waals surface area contributed by atoms with Crippen LogP contribution in [0.3, 0.4) is 0 Å². The number of allylic oxidation sites excluding steroid dienone is 6. The molecular formula is C86H48N7O7+. The lowest BCUT2D eigenvalue weighted by Crippen LogP contribution is -2.33. The summed E-state index contributed by atoms with van der Waals surface area (Å²) >= 11 is 0. The first-order valence-electron chi connectivity index (χ1n) is 28.9. The van der Waals surface area contributed by atoms with Gasteiger partial charge in [0.2, 0.25) is 23.4 Å². The number of fused-ring (bicyclic) bond motifs is 2. The summed E-state index contributed by atoms with van der Waals surface area (Å²) in [4.78, 5) is 55.9. The lowest BCUT2D eigenvalue weighted by molar-refractivity contribution is -0.332. The Hall–Kier alpha value is -16.5. The van der Waals surface area contributed by atoms with Crippen molar-refractivity contribution in [1.29, 1.82) is 0 Å². The molecule has 14 heteroatoms. The van der Waals surface area contributed by atoms with Crippen LogP contribution in [0.5, 0.6) is 0 Å². The quantitative estimate of drug-likeness (QED) is 0.120. The molecular weight excluding hydrogens is 1240 g/mol. The van der Waals surface area contributed by atoms with E-state index < -0.39 is 54.3 Å². The van der Waals surface area contributed by atoms with E-state index in [1.54, 1.807) is 0 Å². The van der Waals surface area contributed by atoms with E-state index in [1.807, 2.05) is 76.3 Å². The molecule has 0 unspecified atom stereocenters. The third-order valence-corrected chi connectivity index (χ3v) is 12.6. The molecule has 0 saturated carbocycles. The van der Waals surface area contributed by atoms with Gasteiger partial charge < -0.3 is 40.2 Å². The van der Waals surface area contributed by atoms with Crippen LogP contribution in [0, 0.1) is 262 Å². The van der Waals surface area contributed by atoms with Crippen molar-refractivity contribution in [3.05, 3.63) is 145 Å². The summed E-state index contributed by atoms with van der Waals surface area (Å²) < 4.78 is 1.91. The summed E-state index contributed by atoms with van der Waals surface area (Å²) in [5, 5.41) is 31.6. The van der Waals surface area contributed by atoms with E-state index in [1.165, 1.54) is 69.2 Å². The van der Waals surface area contributed by atoms with Crippen molar-refractivity contribution in [3.63, 3.8) is 0 Å². The fourth-order valence-electron chi connectivity index (χ4n) is 8.34. The SMILES string of the molecule is C#CC#CC#CC#CC#CC#CC#CC#CC#CC#CC#CN1C(=CC=CC=CC2=[N+](C#CC#CC#CC#CC#CC#CC#CC#CC#CC#CC#C)c3ccccc3C2(C)C)C(C)(C)c2cc(CNC(=O)CN3C=CN(CC(=O)O)C=CN(CC(=O)O)C=CN(CC(=O)O)C=C3)ccc21. The van der Waals surface area contributed by atoms with Gasteiger partial charge >= 0.3 is 17.9 Å². The molecule has 0 bridgehead atoms. The van der Waals surface area contributed by atoms with E-state index in [4.69, 9.17) is 12.8 Å². The summed E-state index contributed by atoms with van der Waals surface area (Å²) in [6, 6.07) is 20.1. The number of anilines is 1. The molecule has 0 spiro atoms. The van der Waals surface area contributed by atoms with Crippen molar-refractivity contribution in [3.8, 4) is 262 Å². The topological polar surface area (TPSA) is 160 Å². The molecule has 14 nitrogen and oxygen atoms in total. The average Bonchev–Trinajstić information content (AvgIpc) is 1.60. The molecule has 0 atom stereocenters. The highest BCUT2D eigenvalue weighted by Gasteiger charge is 2.44.